The standard InChI is InChI=1S/C27H33N3O6/c1-27(2,3)36-26(35)30-15-19-8-6-5-7-17(19)13-22(30)23(31)16-29-12-11-28(4)21-14-18(25(33)34)9-10-20(21)24(29)32/h5-10,14,22-23,31H,11-13,15-16H2,1-4H3,(H,33,34). The van der Waals surface area contributed by atoms with E-state index in [-0.39, 0.29) is 18.0 Å². The second kappa shape index (κ2) is 9.81. The number of hydrogen-bond donors (Lipinski definition) is 2. The molecule has 2 amide bonds. The highest BCUT2D eigenvalue weighted by Gasteiger charge is 2.38. The van der Waals surface area contributed by atoms with Crippen LogP contribution in [0.5, 0.6) is 0 Å². The lowest BCUT2D eigenvalue weighted by Gasteiger charge is -2.41. The largest absolute Gasteiger partial charge is 0.478 e. The summed E-state index contributed by atoms with van der Waals surface area (Å²) in [6.45, 7) is 6.55. The van der Waals surface area contributed by atoms with E-state index in [1.807, 2.05) is 29.2 Å². The van der Waals surface area contributed by atoms with Gasteiger partial charge < -0.3 is 24.7 Å². The monoisotopic (exact) mass is 495 g/mol. The Kier molecular flexibility index (Phi) is 6.95. The van der Waals surface area contributed by atoms with Crippen molar-refractivity contribution in [3.05, 3.63) is 64.7 Å². The fourth-order valence-electron chi connectivity index (χ4n) is 4.76. The first-order valence-corrected chi connectivity index (χ1v) is 12.1. The van der Waals surface area contributed by atoms with E-state index < -0.39 is 29.8 Å². The van der Waals surface area contributed by atoms with Crippen LogP contribution < -0.4 is 4.90 Å². The number of carboxylic acids is 1. The molecule has 0 saturated carbocycles. The fraction of sp³-hybridized carbons (Fsp3) is 0.444. The number of rotatable bonds is 4. The number of β-amino-alcohol motifs (C(OH)–C–C–N with tert-alkyl or cyclic N) is 1. The van der Waals surface area contributed by atoms with Gasteiger partial charge in [0.1, 0.15) is 5.60 Å². The predicted octanol–water partition coefficient (Wildman–Crippen LogP) is 3.00. The smallest absolute Gasteiger partial charge is 0.410 e. The van der Waals surface area contributed by atoms with Crippen LogP contribution in [0.25, 0.3) is 0 Å². The zero-order valence-corrected chi connectivity index (χ0v) is 21.1. The van der Waals surface area contributed by atoms with Crippen LogP contribution in [-0.2, 0) is 17.7 Å². The van der Waals surface area contributed by atoms with Crippen LogP contribution in [-0.4, -0.2) is 82.4 Å². The third kappa shape index (κ3) is 5.31. The average molecular weight is 496 g/mol. The first-order chi connectivity index (χ1) is 16.9. The summed E-state index contributed by atoms with van der Waals surface area (Å²) in [4.78, 5) is 42.9. The van der Waals surface area contributed by atoms with E-state index in [1.165, 1.54) is 18.2 Å². The maximum absolute atomic E-state index is 13.4. The number of carboxylic acid groups (broad SMARTS) is 1. The van der Waals surface area contributed by atoms with Crippen molar-refractivity contribution in [3.63, 3.8) is 0 Å². The maximum atomic E-state index is 13.4. The van der Waals surface area contributed by atoms with Crippen molar-refractivity contribution in [1.29, 1.82) is 0 Å². The Labute approximate surface area is 210 Å². The molecule has 2 aliphatic rings. The highest BCUT2D eigenvalue weighted by molar-refractivity contribution is 6.02. The fourth-order valence-corrected chi connectivity index (χ4v) is 4.76. The minimum atomic E-state index is -1.06. The highest BCUT2D eigenvalue weighted by Crippen LogP contribution is 2.29. The SMILES string of the molecule is CN1CCN(CC(O)C2Cc3ccccc3CN2C(=O)OC(C)(C)C)C(=O)c2ccc(C(=O)O)cc21. The van der Waals surface area contributed by atoms with Gasteiger partial charge in [-0.25, -0.2) is 9.59 Å². The number of likely N-dealkylation sites (N-methyl/N-ethyl adjacent to an activating group) is 1. The normalized spacial score (nSPS) is 18.8. The van der Waals surface area contributed by atoms with Crippen molar-refractivity contribution in [3.8, 4) is 0 Å². The molecule has 0 aromatic heterocycles. The number of fused-ring (bicyclic) bond motifs is 2. The number of ether oxygens (including phenoxy) is 1. The minimum Gasteiger partial charge on any atom is -0.478 e. The Hall–Kier alpha value is -3.59. The molecule has 2 unspecified atom stereocenters. The molecule has 2 N–H and O–H groups in total. The van der Waals surface area contributed by atoms with Crippen LogP contribution in [0.1, 0.15) is 52.6 Å². The molecule has 2 aromatic carbocycles. The average Bonchev–Trinajstić information content (AvgIpc) is 2.93. The van der Waals surface area contributed by atoms with Crippen LogP contribution >= 0.6 is 0 Å². The zero-order chi connectivity index (χ0) is 26.2. The number of hydrogen-bond acceptors (Lipinski definition) is 6. The number of carbonyl (C=O) groups excluding carboxylic acids is 2. The molecule has 0 radical (unpaired) electrons. The van der Waals surface area contributed by atoms with Crippen molar-refractivity contribution in [1.82, 2.24) is 9.80 Å². The summed E-state index contributed by atoms with van der Waals surface area (Å²) in [5.41, 5.74) is 2.39. The summed E-state index contributed by atoms with van der Waals surface area (Å²) in [6, 6.07) is 11.7. The molecule has 36 heavy (non-hydrogen) atoms. The van der Waals surface area contributed by atoms with E-state index in [2.05, 4.69) is 0 Å². The van der Waals surface area contributed by atoms with E-state index in [0.29, 0.717) is 37.3 Å². The van der Waals surface area contributed by atoms with Gasteiger partial charge in [0, 0.05) is 33.2 Å². The highest BCUT2D eigenvalue weighted by atomic mass is 16.6. The Bertz CT molecular complexity index is 1170. The molecule has 2 aliphatic heterocycles. The van der Waals surface area contributed by atoms with Crippen molar-refractivity contribution in [2.45, 2.75) is 51.5 Å². The molecule has 2 atom stereocenters. The molecule has 4 rings (SSSR count). The number of aromatic carboxylic acids is 1. The lowest BCUT2D eigenvalue weighted by molar-refractivity contribution is -0.0176. The first kappa shape index (κ1) is 25.5. The van der Waals surface area contributed by atoms with Crippen molar-refractivity contribution >= 4 is 23.7 Å². The predicted molar refractivity (Wildman–Crippen MR) is 134 cm³/mol. The summed E-state index contributed by atoms with van der Waals surface area (Å²) < 4.78 is 5.64. The van der Waals surface area contributed by atoms with Crippen LogP contribution in [0, 0.1) is 0 Å². The maximum Gasteiger partial charge on any atom is 0.410 e. The van der Waals surface area contributed by atoms with Crippen molar-refractivity contribution < 1.29 is 29.3 Å². The van der Waals surface area contributed by atoms with Crippen molar-refractivity contribution in [2.75, 3.05) is 31.6 Å². The summed E-state index contributed by atoms with van der Waals surface area (Å²) >= 11 is 0. The van der Waals surface area contributed by atoms with E-state index in [9.17, 15) is 24.6 Å². The summed E-state index contributed by atoms with van der Waals surface area (Å²) in [6.07, 6.45) is -1.08. The molecule has 0 saturated heterocycles. The van der Waals surface area contributed by atoms with Crippen LogP contribution in [0.4, 0.5) is 10.5 Å². The zero-order valence-electron chi connectivity index (χ0n) is 21.1. The molecular weight excluding hydrogens is 462 g/mol. The summed E-state index contributed by atoms with van der Waals surface area (Å²) in [7, 11) is 1.81. The number of benzene rings is 2. The molecule has 2 heterocycles. The second-order valence-electron chi connectivity index (χ2n) is 10.4. The van der Waals surface area contributed by atoms with E-state index in [1.54, 1.807) is 37.6 Å². The molecule has 192 valence electrons. The van der Waals surface area contributed by atoms with Gasteiger partial charge >= 0.3 is 12.1 Å². The third-order valence-electron chi connectivity index (χ3n) is 6.65. The Morgan fingerprint density at radius 3 is 2.47 bits per heavy atom. The number of aliphatic hydroxyl groups excluding tert-OH is 1. The topological polar surface area (TPSA) is 111 Å². The Morgan fingerprint density at radius 2 is 1.81 bits per heavy atom. The van der Waals surface area contributed by atoms with Gasteiger partial charge in [-0.1, -0.05) is 24.3 Å². The lowest BCUT2D eigenvalue weighted by Crippen LogP contribution is -2.55. The Balaban J connectivity index is 1.59. The van der Waals surface area contributed by atoms with E-state index >= 15 is 0 Å². The number of nitrogens with zero attached hydrogens (tertiary/aromatic N) is 3. The van der Waals surface area contributed by atoms with Gasteiger partial charge in [0.2, 0.25) is 0 Å². The summed E-state index contributed by atoms with van der Waals surface area (Å²) in [5, 5.41) is 20.7. The Morgan fingerprint density at radius 1 is 1.11 bits per heavy atom. The van der Waals surface area contributed by atoms with Gasteiger partial charge in [0.05, 0.1) is 29.0 Å². The number of aliphatic hydroxyl groups is 1. The van der Waals surface area contributed by atoms with Crippen LogP contribution in [0.2, 0.25) is 0 Å². The van der Waals surface area contributed by atoms with E-state index in [0.717, 1.165) is 11.1 Å². The van der Waals surface area contributed by atoms with Crippen LogP contribution in [0.15, 0.2) is 42.5 Å². The van der Waals surface area contributed by atoms with Gasteiger partial charge in [0.15, 0.2) is 0 Å². The number of carbonyl (C=O) groups is 3. The molecule has 9 heteroatoms. The molecule has 0 bridgehead atoms. The number of amides is 2. The third-order valence-corrected chi connectivity index (χ3v) is 6.65. The van der Waals surface area contributed by atoms with Crippen LogP contribution in [0.3, 0.4) is 0 Å². The molecular formula is C27H33N3O6. The molecule has 0 spiro atoms. The summed E-state index contributed by atoms with van der Waals surface area (Å²) in [5.74, 6) is -1.35. The van der Waals surface area contributed by atoms with Gasteiger partial charge in [-0.3, -0.25) is 9.69 Å². The van der Waals surface area contributed by atoms with Crippen molar-refractivity contribution in [2.24, 2.45) is 0 Å². The molecule has 0 aliphatic carbocycles. The molecule has 2 aromatic rings. The lowest BCUT2D eigenvalue weighted by atomic mass is 9.91. The van der Waals surface area contributed by atoms with Gasteiger partial charge in [-0.15, -0.1) is 0 Å². The molecule has 0 fully saturated rings. The van der Waals surface area contributed by atoms with E-state index in [4.69, 9.17) is 4.74 Å². The van der Waals surface area contributed by atoms with Gasteiger partial charge in [-0.2, -0.15) is 0 Å². The second-order valence-corrected chi connectivity index (χ2v) is 10.4. The van der Waals surface area contributed by atoms with Gasteiger partial charge in [-0.05, 0) is 56.5 Å². The molecule has 9 nitrogen and oxygen atoms in total. The number of anilines is 1. The first-order valence-electron chi connectivity index (χ1n) is 12.1. The minimum absolute atomic E-state index is 0.0267. The quantitative estimate of drug-likeness (QED) is 0.671. The van der Waals surface area contributed by atoms with Gasteiger partial charge in [0.25, 0.3) is 5.91 Å².